The van der Waals surface area contributed by atoms with Crippen molar-refractivity contribution in [3.05, 3.63) is 75.6 Å². The number of fused-ring (bicyclic) bond motifs is 1. The number of alkyl halides is 3. The number of rotatable bonds is 6. The summed E-state index contributed by atoms with van der Waals surface area (Å²) in [6.07, 6.45) is 1.09. The summed E-state index contributed by atoms with van der Waals surface area (Å²) in [6, 6.07) is 6.80. The molecule has 3 aromatic rings. The predicted octanol–water partition coefficient (Wildman–Crippen LogP) is 4.84. The molecule has 4 heterocycles. The molecule has 5 amide bonds. The summed E-state index contributed by atoms with van der Waals surface area (Å²) in [5.74, 6) is 4.25. The maximum Gasteiger partial charge on any atom is 0.416 e. The van der Waals surface area contributed by atoms with Crippen LogP contribution in [0.4, 0.5) is 24.5 Å². The van der Waals surface area contributed by atoms with Gasteiger partial charge in [0.05, 0.1) is 44.6 Å². The third-order valence-corrected chi connectivity index (χ3v) is 10.7. The first-order valence-electron chi connectivity index (χ1n) is 16.7. The number of carbonyl (C=O) groups excluding carboxylic acids is 5. The van der Waals surface area contributed by atoms with Crippen LogP contribution in [0.15, 0.2) is 42.6 Å². The molecular formula is C36H30ClF3N6O5. The number of halogens is 4. The number of aromatic nitrogens is 2. The van der Waals surface area contributed by atoms with E-state index in [9.17, 15) is 37.1 Å². The van der Waals surface area contributed by atoms with Gasteiger partial charge in [-0.25, -0.2) is 0 Å². The fourth-order valence-electron chi connectivity index (χ4n) is 7.08. The number of amides is 5. The van der Waals surface area contributed by atoms with E-state index in [0.717, 1.165) is 59.3 Å². The molecule has 4 fully saturated rings. The van der Waals surface area contributed by atoms with Gasteiger partial charge >= 0.3 is 6.18 Å². The Labute approximate surface area is 294 Å². The van der Waals surface area contributed by atoms with Crippen molar-refractivity contribution in [2.24, 2.45) is 5.92 Å². The van der Waals surface area contributed by atoms with Crippen LogP contribution in [0.25, 0.3) is 0 Å². The number of nitrogens with one attached hydrogen (secondary N) is 2. The first-order valence-corrected chi connectivity index (χ1v) is 17.1. The van der Waals surface area contributed by atoms with Crippen molar-refractivity contribution in [1.82, 2.24) is 20.0 Å². The Kier molecular flexibility index (Phi) is 7.75. The molecule has 1 unspecified atom stereocenters. The Morgan fingerprint density at radius 2 is 1.75 bits per heavy atom. The molecule has 5 aliphatic rings. The lowest BCUT2D eigenvalue weighted by atomic mass is 9.76. The monoisotopic (exact) mass is 718 g/mol. The van der Waals surface area contributed by atoms with Crippen molar-refractivity contribution in [1.29, 1.82) is 0 Å². The van der Waals surface area contributed by atoms with Gasteiger partial charge in [0.1, 0.15) is 11.6 Å². The number of imide groups is 2. The standard InChI is InChI=1S/C36H30ClF3N6O5/c37-26-14-22(36(38,39)40)6-9-27(26)41-34(51)35(12-1-13-35)45-18-21(30(43-45)20-4-5-20)3-2-19-16-44(17-19)23-7-8-24-25(15-23)33(50)46(32(24)49)28-10-11-29(47)42-31(28)48/h6-9,14-15,18-20,28H,1,4-5,10-13,16-17H2,(H,41,51)(H,42,47,48). The second-order valence-electron chi connectivity index (χ2n) is 13.7. The molecule has 51 heavy (non-hydrogen) atoms. The minimum Gasteiger partial charge on any atom is -0.369 e. The van der Waals surface area contributed by atoms with Crippen LogP contribution in [-0.2, 0) is 26.1 Å². The zero-order chi connectivity index (χ0) is 35.8. The van der Waals surface area contributed by atoms with Crippen molar-refractivity contribution < 1.29 is 37.1 Å². The Hall–Kier alpha value is -5.16. The maximum absolute atomic E-state index is 13.6. The molecule has 1 atom stereocenters. The van der Waals surface area contributed by atoms with Gasteiger partial charge < -0.3 is 10.2 Å². The van der Waals surface area contributed by atoms with Crippen LogP contribution >= 0.6 is 11.6 Å². The Balaban J connectivity index is 0.956. The minimum absolute atomic E-state index is 0.00809. The third kappa shape index (κ3) is 5.73. The van der Waals surface area contributed by atoms with Crippen molar-refractivity contribution in [3.8, 4) is 11.8 Å². The molecule has 2 saturated carbocycles. The van der Waals surface area contributed by atoms with Gasteiger partial charge in [-0.3, -0.25) is 38.9 Å². The van der Waals surface area contributed by atoms with Gasteiger partial charge in [-0.15, -0.1) is 0 Å². The van der Waals surface area contributed by atoms with Crippen LogP contribution in [-0.4, -0.2) is 63.3 Å². The maximum atomic E-state index is 13.6. The molecule has 8 rings (SSSR count). The van der Waals surface area contributed by atoms with E-state index in [1.54, 1.807) is 29.1 Å². The quantitative estimate of drug-likeness (QED) is 0.275. The summed E-state index contributed by atoms with van der Waals surface area (Å²) < 4.78 is 41.0. The van der Waals surface area contributed by atoms with Crippen LogP contribution in [0.5, 0.6) is 0 Å². The number of piperidine rings is 1. The van der Waals surface area contributed by atoms with E-state index in [-0.39, 0.29) is 46.5 Å². The highest BCUT2D eigenvalue weighted by molar-refractivity contribution is 6.33. The summed E-state index contributed by atoms with van der Waals surface area (Å²) in [5.41, 5.74) is 0.920. The fraction of sp³-hybridized carbons (Fsp3) is 0.389. The van der Waals surface area contributed by atoms with E-state index in [2.05, 4.69) is 22.5 Å². The largest absolute Gasteiger partial charge is 0.416 e. The van der Waals surface area contributed by atoms with E-state index in [4.69, 9.17) is 16.7 Å². The van der Waals surface area contributed by atoms with Gasteiger partial charge in [0, 0.05) is 37.3 Å². The molecule has 262 valence electrons. The molecule has 0 radical (unpaired) electrons. The van der Waals surface area contributed by atoms with Crippen LogP contribution in [0.3, 0.4) is 0 Å². The number of anilines is 2. The zero-order valence-electron chi connectivity index (χ0n) is 27.0. The lowest BCUT2D eigenvalue weighted by Crippen LogP contribution is -2.54. The van der Waals surface area contributed by atoms with E-state index >= 15 is 0 Å². The van der Waals surface area contributed by atoms with Crippen LogP contribution in [0.2, 0.25) is 5.02 Å². The van der Waals surface area contributed by atoms with Crippen molar-refractivity contribution in [2.75, 3.05) is 23.3 Å². The van der Waals surface area contributed by atoms with Crippen LogP contribution in [0, 0.1) is 17.8 Å². The first kappa shape index (κ1) is 33.0. The summed E-state index contributed by atoms with van der Waals surface area (Å²) in [5, 5.41) is 9.55. The van der Waals surface area contributed by atoms with Gasteiger partial charge in [-0.2, -0.15) is 18.3 Å². The van der Waals surface area contributed by atoms with Crippen molar-refractivity contribution >= 4 is 52.5 Å². The smallest absolute Gasteiger partial charge is 0.369 e. The van der Waals surface area contributed by atoms with Crippen LogP contribution in [0.1, 0.15) is 88.4 Å². The molecule has 3 aliphatic heterocycles. The normalized spacial score (nSPS) is 21.4. The summed E-state index contributed by atoms with van der Waals surface area (Å²) in [4.78, 5) is 66.8. The SMILES string of the molecule is O=C1CCC(N2C(=O)c3ccc(N4CC(C#Cc5cn(C6(C(=O)Nc7ccc(C(F)(F)F)cc7Cl)CCC6)nc5C5CC5)C4)cc3C2=O)C(=O)N1. The highest BCUT2D eigenvalue weighted by atomic mass is 35.5. The first-order chi connectivity index (χ1) is 24.3. The van der Waals surface area contributed by atoms with Crippen LogP contribution < -0.4 is 15.5 Å². The number of hydrogen-bond acceptors (Lipinski definition) is 7. The Morgan fingerprint density at radius 1 is 1.00 bits per heavy atom. The van der Waals surface area contributed by atoms with E-state index < -0.39 is 52.9 Å². The van der Waals surface area contributed by atoms with E-state index in [0.29, 0.717) is 25.9 Å². The Morgan fingerprint density at radius 3 is 2.39 bits per heavy atom. The molecule has 0 spiro atoms. The average Bonchev–Trinajstić information content (AvgIpc) is 3.75. The summed E-state index contributed by atoms with van der Waals surface area (Å²) in [7, 11) is 0. The molecule has 2 N–H and O–H groups in total. The molecule has 2 saturated heterocycles. The average molecular weight is 719 g/mol. The second kappa shape index (κ2) is 12.0. The van der Waals surface area contributed by atoms with Crippen molar-refractivity contribution in [3.63, 3.8) is 0 Å². The van der Waals surface area contributed by atoms with Gasteiger partial charge in [-0.1, -0.05) is 23.4 Å². The molecule has 2 aromatic carbocycles. The summed E-state index contributed by atoms with van der Waals surface area (Å²) >= 11 is 6.12. The molecule has 11 nitrogen and oxygen atoms in total. The highest BCUT2D eigenvalue weighted by Gasteiger charge is 2.48. The van der Waals surface area contributed by atoms with E-state index in [1.807, 2.05) is 4.90 Å². The minimum atomic E-state index is -4.56. The molecule has 0 bridgehead atoms. The second-order valence-corrected chi connectivity index (χ2v) is 14.1. The number of carbonyl (C=O) groups is 5. The molecular weight excluding hydrogens is 689 g/mol. The topological polar surface area (TPSA) is 134 Å². The van der Waals surface area contributed by atoms with Gasteiger partial charge in [0.25, 0.3) is 17.7 Å². The summed E-state index contributed by atoms with van der Waals surface area (Å²) in [6.45, 7) is 1.16. The zero-order valence-corrected chi connectivity index (χ0v) is 27.7. The van der Waals surface area contributed by atoms with E-state index in [1.165, 1.54) is 0 Å². The number of benzene rings is 2. The van der Waals surface area contributed by atoms with Gasteiger partial charge in [0.15, 0.2) is 0 Å². The Bertz CT molecular complexity index is 2100. The predicted molar refractivity (Wildman–Crippen MR) is 177 cm³/mol. The fourth-order valence-corrected chi connectivity index (χ4v) is 7.31. The lowest BCUT2D eigenvalue weighted by molar-refractivity contribution is -0.138. The number of hydrogen-bond donors (Lipinski definition) is 2. The van der Waals surface area contributed by atoms with Gasteiger partial charge in [-0.05, 0) is 74.9 Å². The molecule has 2 aliphatic carbocycles. The number of nitrogens with zero attached hydrogens (tertiary/aromatic N) is 4. The molecule has 1 aromatic heterocycles. The molecule has 15 heteroatoms. The van der Waals surface area contributed by atoms with Gasteiger partial charge in [0.2, 0.25) is 11.8 Å². The third-order valence-electron chi connectivity index (χ3n) is 10.4. The van der Waals surface area contributed by atoms with Crippen molar-refractivity contribution in [2.45, 2.75) is 68.6 Å². The lowest BCUT2D eigenvalue weighted by Gasteiger charge is -2.40. The highest BCUT2D eigenvalue weighted by Crippen LogP contribution is 2.45.